The molecule has 1 N–H and O–H groups in total. The lowest BCUT2D eigenvalue weighted by atomic mass is 10.1. The molecule has 0 aliphatic rings. The van der Waals surface area contributed by atoms with Gasteiger partial charge in [-0.2, -0.15) is 0 Å². The topological polar surface area (TPSA) is 38.3 Å². The summed E-state index contributed by atoms with van der Waals surface area (Å²) in [7, 11) is 1.62. The summed E-state index contributed by atoms with van der Waals surface area (Å²) in [6, 6.07) is 19.3. The first kappa shape index (κ1) is 13.3. The van der Waals surface area contributed by atoms with Gasteiger partial charge >= 0.3 is 0 Å². The molecule has 1 amide bonds. The van der Waals surface area contributed by atoms with Crippen LogP contribution >= 0.6 is 0 Å². The van der Waals surface area contributed by atoms with Gasteiger partial charge in [-0.15, -0.1) is 0 Å². The van der Waals surface area contributed by atoms with Crippen molar-refractivity contribution in [1.29, 1.82) is 0 Å². The quantitative estimate of drug-likeness (QED) is 0.892. The van der Waals surface area contributed by atoms with Crippen LogP contribution in [0.15, 0.2) is 60.7 Å². The van der Waals surface area contributed by atoms with E-state index in [0.717, 1.165) is 11.1 Å². The molecule has 0 saturated heterocycles. The van der Waals surface area contributed by atoms with Crippen molar-refractivity contribution in [1.82, 2.24) is 5.32 Å². The van der Waals surface area contributed by atoms with Crippen LogP contribution in [-0.4, -0.2) is 13.0 Å². The van der Waals surface area contributed by atoms with Crippen LogP contribution in [0.25, 0.3) is 0 Å². The van der Waals surface area contributed by atoms with E-state index in [1.54, 1.807) is 7.05 Å². The lowest BCUT2D eigenvalue weighted by Crippen LogP contribution is -2.27. The van der Waals surface area contributed by atoms with Crippen molar-refractivity contribution in [3.05, 3.63) is 71.8 Å². The average molecular weight is 255 g/mol. The number of nitrogens with one attached hydrogen (secondary N) is 1. The van der Waals surface area contributed by atoms with Gasteiger partial charge in [-0.1, -0.05) is 60.7 Å². The molecule has 19 heavy (non-hydrogen) atoms. The number of carbonyl (C=O) groups excluding carboxylic acids is 1. The number of benzene rings is 2. The minimum absolute atomic E-state index is 0.137. The van der Waals surface area contributed by atoms with E-state index in [2.05, 4.69) is 5.32 Å². The fourth-order valence-electron chi connectivity index (χ4n) is 1.84. The number of hydrogen-bond acceptors (Lipinski definition) is 2. The molecular formula is C16H17NO2. The molecule has 0 saturated carbocycles. The lowest BCUT2D eigenvalue weighted by molar-refractivity contribution is -0.133. The zero-order chi connectivity index (χ0) is 13.5. The van der Waals surface area contributed by atoms with Crippen LogP contribution in [0.5, 0.6) is 0 Å². The smallest absolute Gasteiger partial charge is 0.253 e. The highest BCUT2D eigenvalue weighted by Gasteiger charge is 2.19. The zero-order valence-electron chi connectivity index (χ0n) is 10.9. The summed E-state index contributed by atoms with van der Waals surface area (Å²) in [4.78, 5) is 11.9. The SMILES string of the molecule is CNC(=O)C(OCc1ccccc1)c1ccccc1. The number of amides is 1. The molecule has 0 heterocycles. The van der Waals surface area contributed by atoms with E-state index in [9.17, 15) is 4.79 Å². The fourth-order valence-corrected chi connectivity index (χ4v) is 1.84. The van der Waals surface area contributed by atoms with Crippen LogP contribution in [0.1, 0.15) is 17.2 Å². The summed E-state index contributed by atoms with van der Waals surface area (Å²) in [5.74, 6) is -0.137. The number of likely N-dealkylation sites (N-methyl/N-ethyl adjacent to an activating group) is 1. The lowest BCUT2D eigenvalue weighted by Gasteiger charge is -2.16. The maximum atomic E-state index is 11.9. The minimum Gasteiger partial charge on any atom is -0.359 e. The predicted octanol–water partition coefficient (Wildman–Crippen LogP) is 2.69. The van der Waals surface area contributed by atoms with Crippen LogP contribution < -0.4 is 5.32 Å². The summed E-state index contributed by atoms with van der Waals surface area (Å²) in [5.41, 5.74) is 1.91. The minimum atomic E-state index is -0.577. The van der Waals surface area contributed by atoms with E-state index < -0.39 is 6.10 Å². The Morgan fingerprint density at radius 2 is 1.63 bits per heavy atom. The van der Waals surface area contributed by atoms with Crippen molar-refractivity contribution < 1.29 is 9.53 Å². The third kappa shape index (κ3) is 3.66. The Balaban J connectivity index is 2.09. The Morgan fingerprint density at radius 1 is 1.05 bits per heavy atom. The Bertz CT molecular complexity index is 511. The van der Waals surface area contributed by atoms with Crippen molar-refractivity contribution in [3.63, 3.8) is 0 Å². The van der Waals surface area contributed by atoms with Crippen molar-refractivity contribution >= 4 is 5.91 Å². The molecule has 2 aromatic carbocycles. The molecule has 0 spiro atoms. The molecule has 1 atom stereocenters. The first-order valence-corrected chi connectivity index (χ1v) is 6.23. The Kier molecular flexibility index (Phi) is 4.70. The molecule has 0 bridgehead atoms. The molecular weight excluding hydrogens is 238 g/mol. The molecule has 0 aliphatic heterocycles. The molecule has 0 radical (unpaired) electrons. The van der Waals surface area contributed by atoms with Crippen molar-refractivity contribution in [2.24, 2.45) is 0 Å². The number of rotatable bonds is 5. The van der Waals surface area contributed by atoms with Gasteiger partial charge in [0.15, 0.2) is 6.10 Å². The molecule has 0 aromatic heterocycles. The highest BCUT2D eigenvalue weighted by molar-refractivity contribution is 5.81. The van der Waals surface area contributed by atoms with Crippen LogP contribution in [0, 0.1) is 0 Å². The van der Waals surface area contributed by atoms with Gasteiger partial charge in [0.25, 0.3) is 5.91 Å². The maximum absolute atomic E-state index is 11.9. The Morgan fingerprint density at radius 3 is 2.21 bits per heavy atom. The second kappa shape index (κ2) is 6.71. The number of carbonyl (C=O) groups is 1. The van der Waals surface area contributed by atoms with Gasteiger partial charge in [0, 0.05) is 7.05 Å². The van der Waals surface area contributed by atoms with Crippen LogP contribution in [0.2, 0.25) is 0 Å². The van der Waals surface area contributed by atoms with Crippen LogP contribution in [0.4, 0.5) is 0 Å². The predicted molar refractivity (Wildman–Crippen MR) is 74.5 cm³/mol. The van der Waals surface area contributed by atoms with E-state index >= 15 is 0 Å². The van der Waals surface area contributed by atoms with E-state index in [-0.39, 0.29) is 5.91 Å². The Hall–Kier alpha value is -2.13. The van der Waals surface area contributed by atoms with Gasteiger partial charge in [0.1, 0.15) is 0 Å². The summed E-state index contributed by atoms with van der Waals surface area (Å²) in [6.07, 6.45) is -0.577. The monoisotopic (exact) mass is 255 g/mol. The molecule has 2 rings (SSSR count). The van der Waals surface area contributed by atoms with Crippen LogP contribution in [-0.2, 0) is 16.1 Å². The summed E-state index contributed by atoms with van der Waals surface area (Å²) >= 11 is 0. The standard InChI is InChI=1S/C16H17NO2/c1-17-16(18)15(14-10-6-3-7-11-14)19-12-13-8-4-2-5-9-13/h2-11,15H,12H2,1H3,(H,17,18). The summed E-state index contributed by atoms with van der Waals surface area (Å²) < 4.78 is 5.75. The largest absolute Gasteiger partial charge is 0.359 e. The summed E-state index contributed by atoms with van der Waals surface area (Å²) in [5, 5.41) is 2.64. The molecule has 2 aromatic rings. The van der Waals surface area contributed by atoms with Crippen molar-refractivity contribution in [2.75, 3.05) is 7.05 Å². The first-order chi connectivity index (χ1) is 9.31. The van der Waals surface area contributed by atoms with E-state index in [0.29, 0.717) is 6.61 Å². The molecule has 98 valence electrons. The second-order valence-electron chi connectivity index (χ2n) is 4.20. The van der Waals surface area contributed by atoms with E-state index in [1.165, 1.54) is 0 Å². The van der Waals surface area contributed by atoms with E-state index in [4.69, 9.17) is 4.74 Å². The molecule has 3 nitrogen and oxygen atoms in total. The fraction of sp³-hybridized carbons (Fsp3) is 0.188. The third-order valence-electron chi connectivity index (χ3n) is 2.85. The van der Waals surface area contributed by atoms with Gasteiger partial charge in [-0.05, 0) is 11.1 Å². The maximum Gasteiger partial charge on any atom is 0.253 e. The van der Waals surface area contributed by atoms with Gasteiger partial charge in [0.05, 0.1) is 6.61 Å². The van der Waals surface area contributed by atoms with E-state index in [1.807, 2.05) is 60.7 Å². The Labute approximate surface area is 113 Å². The number of ether oxygens (including phenoxy) is 1. The average Bonchev–Trinajstić information content (AvgIpc) is 2.49. The van der Waals surface area contributed by atoms with Crippen molar-refractivity contribution in [2.45, 2.75) is 12.7 Å². The van der Waals surface area contributed by atoms with Crippen LogP contribution in [0.3, 0.4) is 0 Å². The van der Waals surface area contributed by atoms with Gasteiger partial charge < -0.3 is 10.1 Å². The normalized spacial score (nSPS) is 11.8. The van der Waals surface area contributed by atoms with Gasteiger partial charge in [0.2, 0.25) is 0 Å². The van der Waals surface area contributed by atoms with Crippen molar-refractivity contribution in [3.8, 4) is 0 Å². The third-order valence-corrected chi connectivity index (χ3v) is 2.85. The second-order valence-corrected chi connectivity index (χ2v) is 4.20. The molecule has 3 heteroatoms. The van der Waals surface area contributed by atoms with Gasteiger partial charge in [-0.25, -0.2) is 0 Å². The molecule has 0 aliphatic carbocycles. The first-order valence-electron chi connectivity index (χ1n) is 6.23. The highest BCUT2D eigenvalue weighted by Crippen LogP contribution is 2.19. The molecule has 1 unspecified atom stereocenters. The number of hydrogen-bond donors (Lipinski definition) is 1. The highest BCUT2D eigenvalue weighted by atomic mass is 16.5. The van der Waals surface area contributed by atoms with Gasteiger partial charge in [-0.3, -0.25) is 4.79 Å². The summed E-state index contributed by atoms with van der Waals surface area (Å²) in [6.45, 7) is 0.411. The zero-order valence-corrected chi connectivity index (χ0v) is 10.9. The molecule has 0 fully saturated rings.